The van der Waals surface area contributed by atoms with Crippen molar-refractivity contribution in [2.24, 2.45) is 5.92 Å². The zero-order valence-electron chi connectivity index (χ0n) is 19.1. The molecule has 0 unspecified atom stereocenters. The van der Waals surface area contributed by atoms with Gasteiger partial charge in [-0.15, -0.1) is 0 Å². The third kappa shape index (κ3) is 5.11. The maximum atomic E-state index is 12.6. The van der Waals surface area contributed by atoms with Crippen LogP contribution in [-0.2, 0) is 6.61 Å². The number of fused-ring (bicyclic) bond motifs is 3. The quantitative estimate of drug-likeness (QED) is 0.460. The number of benzene rings is 2. The van der Waals surface area contributed by atoms with E-state index < -0.39 is 11.9 Å². The first-order chi connectivity index (χ1) is 16.3. The smallest absolute Gasteiger partial charge is 0.336 e. The lowest BCUT2D eigenvalue weighted by Gasteiger charge is -2.22. The van der Waals surface area contributed by atoms with Crippen molar-refractivity contribution in [2.75, 3.05) is 12.3 Å². The summed E-state index contributed by atoms with van der Waals surface area (Å²) in [6.45, 7) is 4.84. The number of hydrogen-bond donors (Lipinski definition) is 3. The van der Waals surface area contributed by atoms with E-state index in [-0.39, 0.29) is 23.1 Å². The summed E-state index contributed by atoms with van der Waals surface area (Å²) >= 11 is 0. The number of carbonyl (C=O) groups is 2. The van der Waals surface area contributed by atoms with Crippen LogP contribution in [0.3, 0.4) is 0 Å². The molecule has 1 aliphatic rings. The number of anilines is 1. The van der Waals surface area contributed by atoms with E-state index in [0.29, 0.717) is 31.2 Å². The van der Waals surface area contributed by atoms with Gasteiger partial charge in [0, 0.05) is 17.2 Å². The number of hydrogen-bond acceptors (Lipinski definition) is 6. The van der Waals surface area contributed by atoms with Crippen LogP contribution in [0.4, 0.5) is 5.82 Å². The topological polar surface area (TPSA) is 124 Å². The van der Waals surface area contributed by atoms with Gasteiger partial charge >= 0.3 is 5.97 Å². The van der Waals surface area contributed by atoms with Gasteiger partial charge in [-0.3, -0.25) is 4.79 Å². The summed E-state index contributed by atoms with van der Waals surface area (Å²) in [6.07, 6.45) is 2.31. The van der Waals surface area contributed by atoms with E-state index in [1.54, 1.807) is 24.4 Å². The number of aromatic carboxylic acids is 1. The van der Waals surface area contributed by atoms with E-state index in [1.807, 2.05) is 32.0 Å². The minimum Gasteiger partial charge on any atom is -0.493 e. The van der Waals surface area contributed by atoms with Gasteiger partial charge in [0.15, 0.2) is 0 Å². The van der Waals surface area contributed by atoms with Gasteiger partial charge in [-0.1, -0.05) is 25.1 Å². The molecule has 0 radical (unpaired) electrons. The van der Waals surface area contributed by atoms with Crippen LogP contribution in [0.5, 0.6) is 11.5 Å². The molecule has 34 heavy (non-hydrogen) atoms. The standard InChI is InChI=1S/C26H27N3O5/c1-15(9-16(2)29-25(30)20-5-3-4-6-21(20)26(31)32)13-33-18-7-8-19-17(10-18)14-34-23-12-28-24(27)11-22(19)23/h3-8,10-12,15-16H,9,13-14H2,1-2H3,(H2,27,28)(H,29,30)(H,31,32)/t15-,16-/m0/s1. The monoisotopic (exact) mass is 461 g/mol. The Morgan fingerprint density at radius 1 is 1.15 bits per heavy atom. The number of carboxylic acid groups (broad SMARTS) is 1. The number of ether oxygens (including phenoxy) is 2. The first-order valence-electron chi connectivity index (χ1n) is 11.1. The van der Waals surface area contributed by atoms with Crippen LogP contribution >= 0.6 is 0 Å². The van der Waals surface area contributed by atoms with Crippen LogP contribution in [0.25, 0.3) is 11.1 Å². The zero-order valence-corrected chi connectivity index (χ0v) is 19.1. The number of nitrogens with two attached hydrogens (primary N) is 1. The lowest BCUT2D eigenvalue weighted by molar-refractivity contribution is 0.0690. The van der Waals surface area contributed by atoms with Crippen molar-refractivity contribution in [1.82, 2.24) is 10.3 Å². The fourth-order valence-corrected chi connectivity index (χ4v) is 4.12. The summed E-state index contributed by atoms with van der Waals surface area (Å²) in [6, 6.07) is 13.7. The molecule has 0 fully saturated rings. The third-order valence-corrected chi connectivity index (χ3v) is 5.71. The Hall–Kier alpha value is -4.07. The molecule has 3 aromatic rings. The van der Waals surface area contributed by atoms with Crippen LogP contribution < -0.4 is 20.5 Å². The van der Waals surface area contributed by atoms with Crippen molar-refractivity contribution in [3.05, 3.63) is 71.4 Å². The van der Waals surface area contributed by atoms with Gasteiger partial charge in [0.05, 0.1) is 23.9 Å². The highest BCUT2D eigenvalue weighted by Gasteiger charge is 2.20. The van der Waals surface area contributed by atoms with Gasteiger partial charge in [-0.2, -0.15) is 0 Å². The average Bonchev–Trinajstić information content (AvgIpc) is 2.82. The summed E-state index contributed by atoms with van der Waals surface area (Å²) in [4.78, 5) is 28.0. The molecule has 0 saturated carbocycles. The number of nitrogen functional groups attached to an aromatic ring is 1. The minimum atomic E-state index is -1.13. The number of pyridine rings is 1. The van der Waals surface area contributed by atoms with Crippen molar-refractivity contribution in [3.8, 4) is 22.6 Å². The summed E-state index contributed by atoms with van der Waals surface area (Å²) < 4.78 is 11.8. The SMILES string of the molecule is C[C@H](COc1ccc2c(c1)COc1cnc(N)cc1-2)C[C@H](C)NC(=O)c1ccccc1C(=O)O. The van der Waals surface area contributed by atoms with E-state index in [4.69, 9.17) is 15.2 Å². The molecule has 0 spiro atoms. The Morgan fingerprint density at radius 3 is 2.68 bits per heavy atom. The number of nitrogens with one attached hydrogen (secondary N) is 1. The molecule has 1 amide bonds. The van der Waals surface area contributed by atoms with E-state index in [9.17, 15) is 14.7 Å². The summed E-state index contributed by atoms with van der Waals surface area (Å²) in [7, 11) is 0. The molecule has 1 aromatic heterocycles. The lowest BCUT2D eigenvalue weighted by atomic mass is 9.97. The second kappa shape index (κ2) is 9.82. The summed E-state index contributed by atoms with van der Waals surface area (Å²) in [5.41, 5.74) is 8.95. The van der Waals surface area contributed by atoms with E-state index in [0.717, 1.165) is 22.4 Å². The highest BCUT2D eigenvalue weighted by Crippen LogP contribution is 2.39. The van der Waals surface area contributed by atoms with Crippen molar-refractivity contribution in [2.45, 2.75) is 32.9 Å². The molecule has 4 rings (SSSR count). The normalized spacial score (nSPS) is 13.6. The predicted octanol–water partition coefficient (Wildman–Crippen LogP) is 4.14. The van der Waals surface area contributed by atoms with E-state index in [2.05, 4.69) is 10.3 Å². The van der Waals surface area contributed by atoms with Crippen molar-refractivity contribution in [1.29, 1.82) is 0 Å². The van der Waals surface area contributed by atoms with Crippen molar-refractivity contribution in [3.63, 3.8) is 0 Å². The summed E-state index contributed by atoms with van der Waals surface area (Å²) in [5, 5.41) is 12.2. The molecular formula is C26H27N3O5. The Kier molecular flexibility index (Phi) is 6.67. The highest BCUT2D eigenvalue weighted by molar-refractivity contribution is 6.04. The van der Waals surface area contributed by atoms with Crippen molar-refractivity contribution >= 4 is 17.7 Å². The fourth-order valence-electron chi connectivity index (χ4n) is 4.12. The number of carboxylic acids is 1. The Balaban J connectivity index is 1.33. The predicted molar refractivity (Wildman–Crippen MR) is 128 cm³/mol. The number of aromatic nitrogens is 1. The maximum absolute atomic E-state index is 12.6. The van der Waals surface area contributed by atoms with E-state index >= 15 is 0 Å². The molecule has 2 heterocycles. The van der Waals surface area contributed by atoms with Gasteiger partial charge in [0.25, 0.3) is 5.91 Å². The molecule has 8 heteroatoms. The fraction of sp³-hybridized carbons (Fsp3) is 0.269. The van der Waals surface area contributed by atoms with Gasteiger partial charge in [-0.05, 0) is 55.2 Å². The largest absolute Gasteiger partial charge is 0.493 e. The van der Waals surface area contributed by atoms with Crippen LogP contribution in [0, 0.1) is 5.92 Å². The first kappa shape index (κ1) is 23.1. The summed E-state index contributed by atoms with van der Waals surface area (Å²) in [5.74, 6) is 0.530. The number of carbonyl (C=O) groups excluding carboxylic acids is 1. The van der Waals surface area contributed by atoms with Crippen molar-refractivity contribution < 1.29 is 24.2 Å². The maximum Gasteiger partial charge on any atom is 0.336 e. The first-order valence-corrected chi connectivity index (χ1v) is 11.1. The molecule has 2 atom stereocenters. The van der Waals surface area contributed by atoms with Gasteiger partial charge < -0.3 is 25.6 Å². The molecule has 0 saturated heterocycles. The number of amides is 1. The Morgan fingerprint density at radius 2 is 1.91 bits per heavy atom. The Labute approximate surface area is 197 Å². The highest BCUT2D eigenvalue weighted by atomic mass is 16.5. The number of rotatable bonds is 8. The third-order valence-electron chi connectivity index (χ3n) is 5.71. The molecule has 0 aliphatic carbocycles. The van der Waals surface area contributed by atoms with Crippen LogP contribution in [-0.4, -0.2) is 34.6 Å². The molecular weight excluding hydrogens is 434 g/mol. The second-order valence-electron chi connectivity index (χ2n) is 8.59. The van der Waals surface area contributed by atoms with Gasteiger partial charge in [0.2, 0.25) is 0 Å². The average molecular weight is 462 g/mol. The van der Waals surface area contributed by atoms with E-state index in [1.165, 1.54) is 12.1 Å². The number of nitrogens with zero attached hydrogens (tertiary/aromatic N) is 1. The van der Waals surface area contributed by atoms with Gasteiger partial charge in [0.1, 0.15) is 23.9 Å². The zero-order chi connectivity index (χ0) is 24.2. The molecule has 176 valence electrons. The minimum absolute atomic E-state index is 0.0125. The molecule has 0 bridgehead atoms. The second-order valence-corrected chi connectivity index (χ2v) is 8.59. The molecule has 8 nitrogen and oxygen atoms in total. The molecule has 4 N–H and O–H groups in total. The lowest BCUT2D eigenvalue weighted by Crippen LogP contribution is -2.35. The van der Waals surface area contributed by atoms with Crippen LogP contribution in [0.15, 0.2) is 54.7 Å². The van der Waals surface area contributed by atoms with Crippen LogP contribution in [0.1, 0.15) is 46.5 Å². The molecule has 2 aromatic carbocycles. The van der Waals surface area contributed by atoms with Crippen LogP contribution in [0.2, 0.25) is 0 Å². The Bertz CT molecular complexity index is 1230. The van der Waals surface area contributed by atoms with Gasteiger partial charge in [-0.25, -0.2) is 9.78 Å². The molecule has 1 aliphatic heterocycles.